The van der Waals surface area contributed by atoms with E-state index in [-0.39, 0.29) is 36.1 Å². The highest BCUT2D eigenvalue weighted by atomic mass is 16.2. The van der Waals surface area contributed by atoms with Crippen molar-refractivity contribution in [3.8, 4) is 0 Å². The van der Waals surface area contributed by atoms with Crippen LogP contribution in [0.5, 0.6) is 0 Å². The van der Waals surface area contributed by atoms with Crippen LogP contribution < -0.4 is 10.6 Å². The molecule has 1 saturated heterocycles. The molecule has 3 amide bonds. The van der Waals surface area contributed by atoms with E-state index in [0.717, 1.165) is 12.8 Å². The lowest BCUT2D eigenvalue weighted by Gasteiger charge is -2.24. The molecular weight excluding hydrogens is 354 g/mol. The molecular formula is C22H33N3O3. The molecule has 1 unspecified atom stereocenters. The average Bonchev–Trinajstić information content (AvgIpc) is 2.66. The molecule has 6 heteroatoms. The van der Waals surface area contributed by atoms with Crippen molar-refractivity contribution >= 4 is 17.7 Å². The largest absolute Gasteiger partial charge is 0.356 e. The average molecular weight is 388 g/mol. The van der Waals surface area contributed by atoms with E-state index in [1.807, 2.05) is 32.0 Å². The molecule has 0 aromatic heterocycles. The predicted octanol–water partition coefficient (Wildman–Crippen LogP) is 2.45. The molecule has 2 rings (SSSR count). The summed E-state index contributed by atoms with van der Waals surface area (Å²) in [6.45, 7) is 5.59. The summed E-state index contributed by atoms with van der Waals surface area (Å²) in [5.74, 6) is 0.377. The summed E-state index contributed by atoms with van der Waals surface area (Å²) in [5.41, 5.74) is 1.19. The van der Waals surface area contributed by atoms with Crippen LogP contribution in [0.4, 0.5) is 0 Å². The Hall–Kier alpha value is -2.37. The van der Waals surface area contributed by atoms with Gasteiger partial charge in [0, 0.05) is 32.5 Å². The van der Waals surface area contributed by atoms with Gasteiger partial charge in [0.05, 0.1) is 6.54 Å². The monoisotopic (exact) mass is 387 g/mol. The van der Waals surface area contributed by atoms with Gasteiger partial charge in [-0.15, -0.1) is 0 Å². The number of hydrogen-bond acceptors (Lipinski definition) is 3. The van der Waals surface area contributed by atoms with Crippen LogP contribution in [0.3, 0.4) is 0 Å². The highest BCUT2D eigenvalue weighted by molar-refractivity contribution is 5.84. The second-order valence-electron chi connectivity index (χ2n) is 7.90. The van der Waals surface area contributed by atoms with Crippen LogP contribution in [-0.2, 0) is 14.4 Å². The van der Waals surface area contributed by atoms with Crippen molar-refractivity contribution < 1.29 is 14.4 Å². The number of benzene rings is 1. The van der Waals surface area contributed by atoms with Crippen LogP contribution in [0, 0.1) is 5.92 Å². The topological polar surface area (TPSA) is 78.5 Å². The van der Waals surface area contributed by atoms with Crippen molar-refractivity contribution in [2.75, 3.05) is 26.2 Å². The van der Waals surface area contributed by atoms with E-state index in [1.54, 1.807) is 4.90 Å². The molecule has 154 valence electrons. The first-order valence-electron chi connectivity index (χ1n) is 10.3. The second-order valence-corrected chi connectivity index (χ2v) is 7.90. The molecule has 0 bridgehead atoms. The standard InChI is InChI=1S/C22H33N3O3/c1-17(2)15-22(28)25-14-6-12-23-20(26)10-9-19(11-13-24-21(27)16-25)18-7-4-3-5-8-18/h3-5,7-8,17,19H,6,9-16H2,1-2H3,(H,23,26)(H,24,27). The Kier molecular flexibility index (Phi) is 8.98. The smallest absolute Gasteiger partial charge is 0.239 e. The lowest BCUT2D eigenvalue weighted by molar-refractivity contribution is -0.136. The third-order valence-electron chi connectivity index (χ3n) is 5.00. The molecule has 6 nitrogen and oxygen atoms in total. The highest BCUT2D eigenvalue weighted by Gasteiger charge is 2.19. The first-order chi connectivity index (χ1) is 13.5. The number of carbonyl (C=O) groups is 3. The zero-order valence-corrected chi connectivity index (χ0v) is 17.1. The normalized spacial score (nSPS) is 20.2. The fraction of sp³-hybridized carbons (Fsp3) is 0.591. The van der Waals surface area contributed by atoms with Gasteiger partial charge >= 0.3 is 0 Å². The summed E-state index contributed by atoms with van der Waals surface area (Å²) < 4.78 is 0. The first kappa shape index (κ1) is 21.9. The fourth-order valence-electron chi connectivity index (χ4n) is 3.48. The van der Waals surface area contributed by atoms with Crippen LogP contribution in [0.1, 0.15) is 57.4 Å². The lowest BCUT2D eigenvalue weighted by atomic mass is 9.91. The molecule has 2 N–H and O–H groups in total. The molecule has 1 heterocycles. The molecule has 1 aromatic carbocycles. The zero-order valence-electron chi connectivity index (χ0n) is 17.1. The highest BCUT2D eigenvalue weighted by Crippen LogP contribution is 2.24. The summed E-state index contributed by atoms with van der Waals surface area (Å²) in [5, 5.41) is 5.89. The third-order valence-corrected chi connectivity index (χ3v) is 5.00. The summed E-state index contributed by atoms with van der Waals surface area (Å²) in [4.78, 5) is 38.6. The minimum Gasteiger partial charge on any atom is -0.356 e. The van der Waals surface area contributed by atoms with Crippen LogP contribution in [-0.4, -0.2) is 48.8 Å². The molecule has 1 aliphatic rings. The van der Waals surface area contributed by atoms with Gasteiger partial charge in [-0.2, -0.15) is 0 Å². The van der Waals surface area contributed by atoms with Gasteiger partial charge in [-0.3, -0.25) is 14.4 Å². The van der Waals surface area contributed by atoms with E-state index in [4.69, 9.17) is 0 Å². The van der Waals surface area contributed by atoms with Gasteiger partial charge in [0.25, 0.3) is 0 Å². The Bertz CT molecular complexity index is 646. The number of amides is 3. The minimum absolute atomic E-state index is 0.00858. The number of carbonyl (C=O) groups excluding carboxylic acids is 3. The molecule has 0 radical (unpaired) electrons. The number of hydrogen-bond donors (Lipinski definition) is 2. The molecule has 28 heavy (non-hydrogen) atoms. The zero-order chi connectivity index (χ0) is 20.4. The predicted molar refractivity (Wildman–Crippen MR) is 110 cm³/mol. The van der Waals surface area contributed by atoms with Crippen LogP contribution in [0.25, 0.3) is 0 Å². The van der Waals surface area contributed by atoms with Crippen molar-refractivity contribution in [3.05, 3.63) is 35.9 Å². The van der Waals surface area contributed by atoms with Gasteiger partial charge in [0.15, 0.2) is 0 Å². The molecule has 0 spiro atoms. The Morgan fingerprint density at radius 2 is 1.79 bits per heavy atom. The summed E-state index contributed by atoms with van der Waals surface area (Å²) in [7, 11) is 0. The first-order valence-corrected chi connectivity index (χ1v) is 10.3. The van der Waals surface area contributed by atoms with Crippen LogP contribution >= 0.6 is 0 Å². The molecule has 1 fully saturated rings. The van der Waals surface area contributed by atoms with E-state index >= 15 is 0 Å². The SMILES string of the molecule is CC(C)CC(=O)N1CCCNC(=O)CCC(c2ccccc2)CCNC(=O)C1. The summed E-state index contributed by atoms with van der Waals surface area (Å²) in [6, 6.07) is 10.1. The van der Waals surface area contributed by atoms with E-state index < -0.39 is 0 Å². The van der Waals surface area contributed by atoms with Crippen molar-refractivity contribution in [2.45, 2.75) is 51.9 Å². The van der Waals surface area contributed by atoms with Crippen LogP contribution in [0.2, 0.25) is 0 Å². The van der Waals surface area contributed by atoms with E-state index in [0.29, 0.717) is 38.9 Å². The maximum atomic E-state index is 12.5. The summed E-state index contributed by atoms with van der Waals surface area (Å²) >= 11 is 0. The molecule has 1 atom stereocenters. The Morgan fingerprint density at radius 1 is 1.07 bits per heavy atom. The molecule has 0 aliphatic carbocycles. The second kappa shape index (κ2) is 11.5. The van der Waals surface area contributed by atoms with Crippen molar-refractivity contribution in [2.24, 2.45) is 5.92 Å². The van der Waals surface area contributed by atoms with E-state index in [9.17, 15) is 14.4 Å². The summed E-state index contributed by atoms with van der Waals surface area (Å²) in [6.07, 6.45) is 3.05. The third kappa shape index (κ3) is 7.71. The Morgan fingerprint density at radius 3 is 2.50 bits per heavy atom. The lowest BCUT2D eigenvalue weighted by Crippen LogP contribution is -2.43. The van der Waals surface area contributed by atoms with Gasteiger partial charge in [-0.25, -0.2) is 0 Å². The Labute approximate surface area is 168 Å². The van der Waals surface area contributed by atoms with E-state index in [2.05, 4.69) is 22.8 Å². The molecule has 1 aliphatic heterocycles. The van der Waals surface area contributed by atoms with Gasteiger partial charge in [-0.1, -0.05) is 44.2 Å². The van der Waals surface area contributed by atoms with Gasteiger partial charge in [-0.05, 0) is 36.7 Å². The number of rotatable bonds is 3. The number of nitrogens with one attached hydrogen (secondary N) is 2. The van der Waals surface area contributed by atoms with E-state index in [1.165, 1.54) is 5.56 Å². The van der Waals surface area contributed by atoms with Gasteiger partial charge < -0.3 is 15.5 Å². The maximum absolute atomic E-state index is 12.5. The number of nitrogens with zero attached hydrogens (tertiary/aromatic N) is 1. The van der Waals surface area contributed by atoms with Crippen molar-refractivity contribution in [1.82, 2.24) is 15.5 Å². The molecule has 0 saturated carbocycles. The van der Waals surface area contributed by atoms with Crippen molar-refractivity contribution in [3.63, 3.8) is 0 Å². The quantitative estimate of drug-likeness (QED) is 0.836. The van der Waals surface area contributed by atoms with Crippen LogP contribution in [0.15, 0.2) is 30.3 Å². The van der Waals surface area contributed by atoms with Crippen molar-refractivity contribution in [1.29, 1.82) is 0 Å². The van der Waals surface area contributed by atoms with Gasteiger partial charge in [0.2, 0.25) is 17.7 Å². The fourth-order valence-corrected chi connectivity index (χ4v) is 3.48. The molecule has 1 aromatic rings. The maximum Gasteiger partial charge on any atom is 0.239 e. The minimum atomic E-state index is -0.120. The van der Waals surface area contributed by atoms with Gasteiger partial charge in [0.1, 0.15) is 0 Å². The Balaban J connectivity index is 2.03.